The standard InChI is InChI=1S/C20H31N3O2/c1-15-13-17(23-11-5-6-12-23)9-10-18(15)21-20(25)22(2)14-16-7-3-4-8-19(16)24/h9-10,13,16,19,24H,3-8,11-12,14H2,1-2H3,(H,21,25). The van der Waals surface area contributed by atoms with Crippen LogP contribution in [-0.2, 0) is 0 Å². The van der Waals surface area contributed by atoms with Gasteiger partial charge in [-0.15, -0.1) is 0 Å². The largest absolute Gasteiger partial charge is 0.393 e. The fraction of sp³-hybridized carbons (Fsp3) is 0.650. The molecule has 0 radical (unpaired) electrons. The summed E-state index contributed by atoms with van der Waals surface area (Å²) in [5.74, 6) is 0.197. The van der Waals surface area contributed by atoms with Crippen LogP contribution in [0.15, 0.2) is 18.2 Å². The molecule has 3 rings (SSSR count). The van der Waals surface area contributed by atoms with Crippen molar-refractivity contribution in [1.82, 2.24) is 4.90 Å². The van der Waals surface area contributed by atoms with E-state index in [1.807, 2.05) is 20.0 Å². The van der Waals surface area contributed by atoms with Crippen molar-refractivity contribution in [3.63, 3.8) is 0 Å². The fourth-order valence-corrected chi connectivity index (χ4v) is 4.01. The number of aliphatic hydroxyl groups is 1. The molecule has 1 saturated heterocycles. The Morgan fingerprint density at radius 1 is 1.24 bits per heavy atom. The number of aryl methyl sites for hydroxylation is 1. The number of amides is 2. The van der Waals surface area contributed by atoms with E-state index in [1.165, 1.54) is 18.5 Å². The van der Waals surface area contributed by atoms with Crippen LogP contribution in [0, 0.1) is 12.8 Å². The Morgan fingerprint density at radius 3 is 2.64 bits per heavy atom. The van der Waals surface area contributed by atoms with Gasteiger partial charge in [0.2, 0.25) is 0 Å². The van der Waals surface area contributed by atoms with Gasteiger partial charge in [0.05, 0.1) is 6.10 Å². The van der Waals surface area contributed by atoms with E-state index in [2.05, 4.69) is 22.3 Å². The van der Waals surface area contributed by atoms with Gasteiger partial charge in [0.25, 0.3) is 0 Å². The van der Waals surface area contributed by atoms with Crippen LogP contribution in [0.2, 0.25) is 0 Å². The highest BCUT2D eigenvalue weighted by molar-refractivity contribution is 5.90. The van der Waals surface area contributed by atoms with Crippen molar-refractivity contribution in [2.45, 2.75) is 51.6 Å². The average Bonchev–Trinajstić information content (AvgIpc) is 3.13. The molecule has 138 valence electrons. The molecule has 2 fully saturated rings. The molecule has 25 heavy (non-hydrogen) atoms. The van der Waals surface area contributed by atoms with Gasteiger partial charge < -0.3 is 20.2 Å². The molecule has 0 aromatic heterocycles. The maximum atomic E-state index is 12.5. The summed E-state index contributed by atoms with van der Waals surface area (Å²) < 4.78 is 0. The molecule has 2 unspecified atom stereocenters. The number of aliphatic hydroxyl groups excluding tert-OH is 1. The smallest absolute Gasteiger partial charge is 0.321 e. The average molecular weight is 345 g/mol. The fourth-order valence-electron chi connectivity index (χ4n) is 4.01. The summed E-state index contributed by atoms with van der Waals surface area (Å²) in [6.07, 6.45) is 6.35. The second kappa shape index (κ2) is 8.09. The number of hydrogen-bond acceptors (Lipinski definition) is 3. The number of nitrogens with one attached hydrogen (secondary N) is 1. The number of carbonyl (C=O) groups is 1. The first kappa shape index (κ1) is 18.1. The lowest BCUT2D eigenvalue weighted by Gasteiger charge is -2.31. The van der Waals surface area contributed by atoms with E-state index in [1.54, 1.807) is 4.90 Å². The summed E-state index contributed by atoms with van der Waals surface area (Å²) >= 11 is 0. The summed E-state index contributed by atoms with van der Waals surface area (Å²) in [6.45, 7) is 4.90. The first-order chi connectivity index (χ1) is 12.0. The zero-order valence-corrected chi connectivity index (χ0v) is 15.5. The molecule has 0 spiro atoms. The maximum absolute atomic E-state index is 12.5. The van der Waals surface area contributed by atoms with Crippen LogP contribution in [0.25, 0.3) is 0 Å². The van der Waals surface area contributed by atoms with Crippen molar-refractivity contribution >= 4 is 17.4 Å². The third-order valence-corrected chi connectivity index (χ3v) is 5.65. The van der Waals surface area contributed by atoms with Gasteiger partial charge in [0, 0.05) is 44.0 Å². The third kappa shape index (κ3) is 4.46. The molecule has 0 bridgehead atoms. The molecule has 2 amide bonds. The minimum Gasteiger partial charge on any atom is -0.393 e. The minimum absolute atomic E-state index is 0.102. The van der Waals surface area contributed by atoms with Crippen molar-refractivity contribution in [3.05, 3.63) is 23.8 Å². The van der Waals surface area contributed by atoms with Gasteiger partial charge >= 0.3 is 6.03 Å². The monoisotopic (exact) mass is 345 g/mol. The van der Waals surface area contributed by atoms with Crippen molar-refractivity contribution in [3.8, 4) is 0 Å². The summed E-state index contributed by atoms with van der Waals surface area (Å²) in [6, 6.07) is 6.16. The first-order valence-electron chi connectivity index (χ1n) is 9.60. The lowest BCUT2D eigenvalue weighted by atomic mass is 9.86. The van der Waals surface area contributed by atoms with Crippen LogP contribution in [0.1, 0.15) is 44.1 Å². The highest BCUT2D eigenvalue weighted by Gasteiger charge is 2.25. The van der Waals surface area contributed by atoms with E-state index in [4.69, 9.17) is 0 Å². The summed E-state index contributed by atoms with van der Waals surface area (Å²) in [4.78, 5) is 16.6. The molecule has 2 aliphatic rings. The van der Waals surface area contributed by atoms with Crippen molar-refractivity contribution < 1.29 is 9.90 Å². The number of carbonyl (C=O) groups excluding carboxylic acids is 1. The second-order valence-electron chi connectivity index (χ2n) is 7.62. The molecule has 2 atom stereocenters. The predicted octanol–water partition coefficient (Wildman–Crippen LogP) is 3.61. The zero-order valence-electron chi connectivity index (χ0n) is 15.5. The van der Waals surface area contributed by atoms with Crippen LogP contribution in [-0.4, -0.2) is 48.8 Å². The predicted molar refractivity (Wildman–Crippen MR) is 102 cm³/mol. The molecular weight excluding hydrogens is 314 g/mol. The van der Waals surface area contributed by atoms with Gasteiger partial charge in [-0.3, -0.25) is 0 Å². The quantitative estimate of drug-likeness (QED) is 0.876. The number of benzene rings is 1. The van der Waals surface area contributed by atoms with Gasteiger partial charge in [-0.05, 0) is 56.4 Å². The molecule has 1 aromatic carbocycles. The van der Waals surface area contributed by atoms with Crippen LogP contribution in [0.3, 0.4) is 0 Å². The van der Waals surface area contributed by atoms with E-state index >= 15 is 0 Å². The lowest BCUT2D eigenvalue weighted by Crippen LogP contribution is -2.40. The molecule has 5 heteroatoms. The van der Waals surface area contributed by atoms with Crippen LogP contribution < -0.4 is 10.2 Å². The third-order valence-electron chi connectivity index (χ3n) is 5.65. The molecule has 1 saturated carbocycles. The summed E-state index contributed by atoms with van der Waals surface area (Å²) in [7, 11) is 1.81. The number of anilines is 2. The van der Waals surface area contributed by atoms with Gasteiger partial charge in [-0.1, -0.05) is 12.8 Å². The number of rotatable bonds is 4. The molecule has 1 aliphatic carbocycles. The van der Waals surface area contributed by atoms with Crippen molar-refractivity contribution in [2.75, 3.05) is 36.9 Å². The Kier molecular flexibility index (Phi) is 5.84. The zero-order chi connectivity index (χ0) is 17.8. The van der Waals surface area contributed by atoms with Crippen molar-refractivity contribution in [2.24, 2.45) is 5.92 Å². The summed E-state index contributed by atoms with van der Waals surface area (Å²) in [5, 5.41) is 13.1. The van der Waals surface area contributed by atoms with E-state index in [0.717, 1.165) is 50.0 Å². The number of urea groups is 1. The summed E-state index contributed by atoms with van der Waals surface area (Å²) in [5.41, 5.74) is 3.19. The molecule has 1 aromatic rings. The van der Waals surface area contributed by atoms with Gasteiger partial charge in [-0.25, -0.2) is 4.79 Å². The topological polar surface area (TPSA) is 55.8 Å². The molecule has 5 nitrogen and oxygen atoms in total. The molecule has 2 N–H and O–H groups in total. The highest BCUT2D eigenvalue weighted by Crippen LogP contribution is 2.27. The van der Waals surface area contributed by atoms with Gasteiger partial charge in [0.1, 0.15) is 0 Å². The Labute approximate surface area is 151 Å². The molecule has 1 aliphatic heterocycles. The SMILES string of the molecule is Cc1cc(N2CCCC2)ccc1NC(=O)N(C)CC1CCCCC1O. The van der Waals surface area contributed by atoms with Crippen molar-refractivity contribution in [1.29, 1.82) is 0 Å². The van der Waals surface area contributed by atoms with E-state index < -0.39 is 0 Å². The molecular formula is C20H31N3O2. The lowest BCUT2D eigenvalue weighted by molar-refractivity contribution is 0.0575. The maximum Gasteiger partial charge on any atom is 0.321 e. The van der Waals surface area contributed by atoms with E-state index in [9.17, 15) is 9.90 Å². The van der Waals surface area contributed by atoms with Crippen LogP contribution >= 0.6 is 0 Å². The Morgan fingerprint density at radius 2 is 1.96 bits per heavy atom. The molecule has 1 heterocycles. The Balaban J connectivity index is 1.58. The number of nitrogens with zero attached hydrogens (tertiary/aromatic N) is 2. The number of hydrogen-bond donors (Lipinski definition) is 2. The highest BCUT2D eigenvalue weighted by atomic mass is 16.3. The minimum atomic E-state index is -0.273. The van der Waals surface area contributed by atoms with Crippen LogP contribution in [0.4, 0.5) is 16.2 Å². The first-order valence-corrected chi connectivity index (χ1v) is 9.60. The van der Waals surface area contributed by atoms with Gasteiger partial charge in [0.15, 0.2) is 0 Å². The van der Waals surface area contributed by atoms with E-state index in [-0.39, 0.29) is 18.1 Å². The normalized spacial score (nSPS) is 23.6. The van der Waals surface area contributed by atoms with Crippen LogP contribution in [0.5, 0.6) is 0 Å². The van der Waals surface area contributed by atoms with Gasteiger partial charge in [-0.2, -0.15) is 0 Å². The second-order valence-corrected chi connectivity index (χ2v) is 7.62. The Bertz CT molecular complexity index is 599. The Hall–Kier alpha value is -1.75. The van der Waals surface area contributed by atoms with E-state index in [0.29, 0.717) is 6.54 Å².